The summed E-state index contributed by atoms with van der Waals surface area (Å²) in [6, 6.07) is 17.8. The first-order chi connectivity index (χ1) is 11.2. The maximum absolute atomic E-state index is 12.7. The van der Waals surface area contributed by atoms with Gasteiger partial charge in [-0.25, -0.2) is 4.79 Å². The van der Waals surface area contributed by atoms with Gasteiger partial charge < -0.3 is 0 Å². The summed E-state index contributed by atoms with van der Waals surface area (Å²) in [5.74, 6) is 0. The molecule has 0 spiro atoms. The van der Waals surface area contributed by atoms with E-state index in [0.29, 0.717) is 25.9 Å². The SMILES string of the molecule is N#CCCc1cccc(N2CCN(c3ccc(Br)cc3)C2=O)c1. The van der Waals surface area contributed by atoms with E-state index in [1.54, 1.807) is 9.80 Å². The van der Waals surface area contributed by atoms with Crippen LogP contribution in [0.5, 0.6) is 0 Å². The largest absolute Gasteiger partial charge is 0.329 e. The number of hydrogen-bond donors (Lipinski definition) is 0. The van der Waals surface area contributed by atoms with E-state index in [0.717, 1.165) is 21.4 Å². The second-order valence-electron chi connectivity index (χ2n) is 5.39. The third kappa shape index (κ3) is 3.38. The summed E-state index contributed by atoms with van der Waals surface area (Å²) in [5.41, 5.74) is 2.88. The predicted molar refractivity (Wildman–Crippen MR) is 94.6 cm³/mol. The van der Waals surface area contributed by atoms with Crippen molar-refractivity contribution in [2.45, 2.75) is 12.8 Å². The van der Waals surface area contributed by atoms with Crippen molar-refractivity contribution in [1.29, 1.82) is 5.26 Å². The van der Waals surface area contributed by atoms with Crippen LogP contribution in [0, 0.1) is 11.3 Å². The van der Waals surface area contributed by atoms with E-state index in [1.807, 2.05) is 48.5 Å². The van der Waals surface area contributed by atoms with Crippen LogP contribution < -0.4 is 9.80 Å². The topological polar surface area (TPSA) is 47.3 Å². The Hall–Kier alpha value is -2.32. The van der Waals surface area contributed by atoms with Gasteiger partial charge in [-0.15, -0.1) is 0 Å². The molecule has 2 aromatic carbocycles. The Morgan fingerprint density at radius 2 is 1.74 bits per heavy atom. The van der Waals surface area contributed by atoms with Crippen LogP contribution in [-0.2, 0) is 6.42 Å². The van der Waals surface area contributed by atoms with Gasteiger partial charge in [-0.1, -0.05) is 28.1 Å². The quantitative estimate of drug-likeness (QED) is 0.803. The van der Waals surface area contributed by atoms with Crippen molar-refractivity contribution in [3.8, 4) is 6.07 Å². The van der Waals surface area contributed by atoms with Crippen molar-refractivity contribution >= 4 is 33.3 Å². The number of halogens is 1. The summed E-state index contributed by atoms with van der Waals surface area (Å²) in [6.45, 7) is 1.33. The normalized spacial score (nSPS) is 14.2. The molecule has 0 N–H and O–H groups in total. The number of carbonyl (C=O) groups excluding carboxylic acids is 1. The minimum Gasteiger partial charge on any atom is -0.292 e. The van der Waals surface area contributed by atoms with E-state index in [1.165, 1.54) is 0 Å². The molecule has 0 unspecified atom stereocenters. The average molecular weight is 370 g/mol. The van der Waals surface area contributed by atoms with Gasteiger partial charge in [0, 0.05) is 35.4 Å². The maximum atomic E-state index is 12.7. The van der Waals surface area contributed by atoms with Crippen LogP contribution >= 0.6 is 15.9 Å². The predicted octanol–water partition coefficient (Wildman–Crippen LogP) is 4.35. The first kappa shape index (κ1) is 15.6. The molecule has 116 valence electrons. The molecule has 0 aromatic heterocycles. The average Bonchev–Trinajstić information content (AvgIpc) is 2.95. The molecule has 0 aliphatic carbocycles. The van der Waals surface area contributed by atoms with Gasteiger partial charge >= 0.3 is 6.03 Å². The Labute approximate surface area is 144 Å². The summed E-state index contributed by atoms with van der Waals surface area (Å²) < 4.78 is 0.995. The molecule has 4 nitrogen and oxygen atoms in total. The number of amides is 2. The van der Waals surface area contributed by atoms with Crippen molar-refractivity contribution in [3.05, 3.63) is 58.6 Å². The molecular formula is C18H16BrN3O. The van der Waals surface area contributed by atoms with E-state index >= 15 is 0 Å². The number of urea groups is 1. The minimum atomic E-state index is -0.00949. The lowest BCUT2D eigenvalue weighted by molar-refractivity contribution is 0.256. The van der Waals surface area contributed by atoms with Gasteiger partial charge in [-0.3, -0.25) is 9.80 Å². The minimum absolute atomic E-state index is 0.00949. The molecule has 0 saturated carbocycles. The van der Waals surface area contributed by atoms with E-state index in [-0.39, 0.29) is 6.03 Å². The van der Waals surface area contributed by atoms with Gasteiger partial charge in [0.2, 0.25) is 0 Å². The Balaban J connectivity index is 1.79. The number of hydrogen-bond acceptors (Lipinski definition) is 2. The number of nitriles is 1. The highest BCUT2D eigenvalue weighted by Crippen LogP contribution is 2.27. The Morgan fingerprint density at radius 1 is 1.04 bits per heavy atom. The van der Waals surface area contributed by atoms with Crippen LogP contribution in [0.1, 0.15) is 12.0 Å². The van der Waals surface area contributed by atoms with Crippen LogP contribution in [0.15, 0.2) is 53.0 Å². The molecule has 1 aliphatic rings. The summed E-state index contributed by atoms with van der Waals surface area (Å²) in [7, 11) is 0. The molecule has 0 bridgehead atoms. The van der Waals surface area contributed by atoms with Gasteiger partial charge in [0.1, 0.15) is 0 Å². The van der Waals surface area contributed by atoms with Crippen molar-refractivity contribution < 1.29 is 4.79 Å². The highest BCUT2D eigenvalue weighted by atomic mass is 79.9. The third-order valence-electron chi connectivity index (χ3n) is 3.90. The molecule has 2 amide bonds. The Bertz CT molecular complexity index is 752. The molecule has 1 heterocycles. The highest BCUT2D eigenvalue weighted by molar-refractivity contribution is 9.10. The molecule has 1 aliphatic heterocycles. The Morgan fingerprint density at radius 3 is 2.43 bits per heavy atom. The zero-order valence-corrected chi connectivity index (χ0v) is 14.2. The van der Waals surface area contributed by atoms with E-state index in [2.05, 4.69) is 22.0 Å². The molecule has 3 rings (SSSR count). The van der Waals surface area contributed by atoms with Crippen LogP contribution in [0.4, 0.5) is 16.2 Å². The molecular weight excluding hydrogens is 354 g/mol. The standard InChI is InChI=1S/C18H16BrN3O/c19-15-6-8-16(9-7-15)21-11-12-22(18(21)23)17-5-1-3-14(13-17)4-2-10-20/h1,3,5-9,13H,2,4,11-12H2. The van der Waals surface area contributed by atoms with Gasteiger partial charge in [-0.05, 0) is 48.4 Å². The van der Waals surface area contributed by atoms with Crippen LogP contribution in [0.2, 0.25) is 0 Å². The van der Waals surface area contributed by atoms with E-state index in [9.17, 15) is 4.79 Å². The summed E-state index contributed by atoms with van der Waals surface area (Å²) in [4.78, 5) is 16.3. The number of aryl methyl sites for hydroxylation is 1. The zero-order valence-electron chi connectivity index (χ0n) is 12.6. The van der Waals surface area contributed by atoms with Gasteiger partial charge in [-0.2, -0.15) is 5.26 Å². The monoisotopic (exact) mass is 369 g/mol. The van der Waals surface area contributed by atoms with Crippen LogP contribution in [0.25, 0.3) is 0 Å². The molecule has 1 fully saturated rings. The lowest BCUT2D eigenvalue weighted by atomic mass is 10.1. The third-order valence-corrected chi connectivity index (χ3v) is 4.42. The number of carbonyl (C=O) groups is 1. The van der Waals surface area contributed by atoms with Crippen molar-refractivity contribution in [3.63, 3.8) is 0 Å². The number of anilines is 2. The lowest BCUT2D eigenvalue weighted by Gasteiger charge is -2.19. The van der Waals surface area contributed by atoms with Crippen LogP contribution in [0.3, 0.4) is 0 Å². The second-order valence-corrected chi connectivity index (χ2v) is 6.31. The number of nitrogens with zero attached hydrogens (tertiary/aromatic N) is 3. The van der Waals surface area contributed by atoms with Crippen LogP contribution in [-0.4, -0.2) is 19.1 Å². The van der Waals surface area contributed by atoms with E-state index < -0.39 is 0 Å². The van der Waals surface area contributed by atoms with E-state index in [4.69, 9.17) is 5.26 Å². The molecule has 5 heteroatoms. The van der Waals surface area contributed by atoms with Crippen molar-refractivity contribution in [2.24, 2.45) is 0 Å². The smallest absolute Gasteiger partial charge is 0.292 e. The van der Waals surface area contributed by atoms with Crippen molar-refractivity contribution in [1.82, 2.24) is 0 Å². The summed E-state index contributed by atoms with van der Waals surface area (Å²) in [6.07, 6.45) is 1.20. The van der Waals surface area contributed by atoms with Crippen molar-refractivity contribution in [2.75, 3.05) is 22.9 Å². The Kier molecular flexibility index (Phi) is 4.63. The lowest BCUT2D eigenvalue weighted by Crippen LogP contribution is -2.31. The first-order valence-electron chi connectivity index (χ1n) is 7.49. The number of benzene rings is 2. The molecule has 2 aromatic rings. The van der Waals surface area contributed by atoms with Gasteiger partial charge in [0.25, 0.3) is 0 Å². The summed E-state index contributed by atoms with van der Waals surface area (Å²) in [5, 5.41) is 8.71. The molecule has 0 atom stereocenters. The highest BCUT2D eigenvalue weighted by Gasteiger charge is 2.30. The maximum Gasteiger partial charge on any atom is 0.329 e. The fraction of sp³-hybridized carbons (Fsp3) is 0.222. The first-order valence-corrected chi connectivity index (χ1v) is 8.29. The fourth-order valence-corrected chi connectivity index (χ4v) is 2.98. The fourth-order valence-electron chi connectivity index (χ4n) is 2.72. The molecule has 1 saturated heterocycles. The second kappa shape index (κ2) is 6.84. The molecule has 0 radical (unpaired) electrons. The number of rotatable bonds is 4. The van der Waals surface area contributed by atoms with Gasteiger partial charge in [0.05, 0.1) is 6.07 Å². The molecule has 23 heavy (non-hydrogen) atoms. The summed E-state index contributed by atoms with van der Waals surface area (Å²) >= 11 is 3.41. The zero-order chi connectivity index (χ0) is 16.2. The van der Waals surface area contributed by atoms with Gasteiger partial charge in [0.15, 0.2) is 0 Å².